The summed E-state index contributed by atoms with van der Waals surface area (Å²) in [5.41, 5.74) is 2.55. The fraction of sp³-hybridized carbons (Fsp3) is 0.632. The van der Waals surface area contributed by atoms with Gasteiger partial charge in [-0.2, -0.15) is 0 Å². The quantitative estimate of drug-likeness (QED) is 0.540. The van der Waals surface area contributed by atoms with Crippen molar-refractivity contribution < 1.29 is 9.53 Å². The third-order valence-corrected chi connectivity index (χ3v) is 3.74. The molecule has 0 heterocycles. The van der Waals surface area contributed by atoms with Gasteiger partial charge in [-0.3, -0.25) is 4.79 Å². The van der Waals surface area contributed by atoms with Crippen LogP contribution < -0.4 is 4.74 Å². The van der Waals surface area contributed by atoms with Crippen molar-refractivity contribution in [1.82, 2.24) is 0 Å². The molecule has 2 nitrogen and oxygen atoms in total. The fourth-order valence-electron chi connectivity index (χ4n) is 2.34. The maximum absolute atomic E-state index is 12.1. The molecule has 0 unspecified atom stereocenters. The molecule has 0 atom stereocenters. The van der Waals surface area contributed by atoms with Gasteiger partial charge in [0.25, 0.3) is 0 Å². The van der Waals surface area contributed by atoms with Crippen LogP contribution >= 0.6 is 11.6 Å². The van der Waals surface area contributed by atoms with Gasteiger partial charge >= 0.3 is 0 Å². The summed E-state index contributed by atoms with van der Waals surface area (Å²) in [6.45, 7) is 16.9. The number of hydrogen-bond donors (Lipinski definition) is 0. The van der Waals surface area contributed by atoms with Crippen LogP contribution in [0.5, 0.6) is 5.75 Å². The molecule has 0 saturated heterocycles. The summed E-state index contributed by atoms with van der Waals surface area (Å²) in [5, 5.41) is 0. The van der Waals surface area contributed by atoms with Gasteiger partial charge in [-0.05, 0) is 36.8 Å². The Bertz CT molecular complexity index is 511. The van der Waals surface area contributed by atoms with Crippen molar-refractivity contribution in [1.29, 1.82) is 0 Å². The first-order valence-electron chi connectivity index (χ1n) is 7.82. The van der Waals surface area contributed by atoms with Crippen molar-refractivity contribution in [2.75, 3.05) is 5.88 Å². The molecule has 0 radical (unpaired) electrons. The number of ether oxygens (including phenoxy) is 1. The van der Waals surface area contributed by atoms with Gasteiger partial charge in [-0.1, -0.05) is 41.5 Å². The number of hydrogen-bond acceptors (Lipinski definition) is 2. The zero-order valence-corrected chi connectivity index (χ0v) is 15.9. The van der Waals surface area contributed by atoms with E-state index in [0.717, 1.165) is 16.9 Å². The average Bonchev–Trinajstić information content (AvgIpc) is 2.34. The van der Waals surface area contributed by atoms with E-state index in [1.165, 1.54) is 0 Å². The molecule has 22 heavy (non-hydrogen) atoms. The van der Waals surface area contributed by atoms with Gasteiger partial charge in [0.1, 0.15) is 5.75 Å². The first-order chi connectivity index (χ1) is 9.87. The maximum atomic E-state index is 12.1. The molecule has 124 valence electrons. The van der Waals surface area contributed by atoms with Crippen LogP contribution in [0.15, 0.2) is 12.1 Å². The van der Waals surface area contributed by atoms with E-state index in [0.29, 0.717) is 5.56 Å². The van der Waals surface area contributed by atoms with Crippen LogP contribution in [-0.4, -0.2) is 17.8 Å². The van der Waals surface area contributed by atoms with Crippen molar-refractivity contribution in [2.24, 2.45) is 0 Å². The summed E-state index contributed by atoms with van der Waals surface area (Å²) in [6, 6.07) is 3.88. The minimum absolute atomic E-state index is 0.00243. The normalized spacial score (nSPS) is 12.6. The first kappa shape index (κ1) is 19.0. The van der Waals surface area contributed by atoms with Crippen LogP contribution in [0.2, 0.25) is 0 Å². The standard InChI is InChI=1S/C19H29ClO2/c1-12(2)22-17-14(18(3,4)5)9-13(16(21)11-20)10-15(17)19(6,7)8/h9-10,12H,11H2,1-8H3. The van der Waals surface area contributed by atoms with Crippen molar-refractivity contribution in [3.05, 3.63) is 28.8 Å². The second kappa shape index (κ2) is 6.62. The van der Waals surface area contributed by atoms with Crippen molar-refractivity contribution in [3.8, 4) is 5.75 Å². The Balaban J connectivity index is 3.73. The molecule has 1 aromatic carbocycles. The Morgan fingerprint density at radius 3 is 1.73 bits per heavy atom. The summed E-state index contributed by atoms with van der Waals surface area (Å²) in [6.07, 6.45) is 0.0804. The van der Waals surface area contributed by atoms with Gasteiger partial charge in [0.05, 0.1) is 12.0 Å². The van der Waals surface area contributed by atoms with E-state index < -0.39 is 0 Å². The Morgan fingerprint density at radius 2 is 1.45 bits per heavy atom. The SMILES string of the molecule is CC(C)Oc1c(C(C)(C)C)cc(C(=O)CCl)cc1C(C)(C)C. The molecule has 0 aliphatic heterocycles. The average molecular weight is 325 g/mol. The molecule has 0 N–H and O–H groups in total. The zero-order valence-electron chi connectivity index (χ0n) is 15.1. The van der Waals surface area contributed by atoms with Crippen molar-refractivity contribution >= 4 is 17.4 Å². The molecule has 0 amide bonds. The van der Waals surface area contributed by atoms with Gasteiger partial charge < -0.3 is 4.74 Å². The van der Waals surface area contributed by atoms with Crippen molar-refractivity contribution in [3.63, 3.8) is 0 Å². The fourth-order valence-corrected chi connectivity index (χ4v) is 2.50. The summed E-state index contributed by atoms with van der Waals surface area (Å²) in [5.74, 6) is 0.854. The molecular weight excluding hydrogens is 296 g/mol. The van der Waals surface area contributed by atoms with E-state index in [4.69, 9.17) is 16.3 Å². The van der Waals surface area contributed by atoms with E-state index in [-0.39, 0.29) is 28.6 Å². The number of carbonyl (C=O) groups excluding carboxylic acids is 1. The van der Waals surface area contributed by atoms with Crippen LogP contribution in [0.25, 0.3) is 0 Å². The second-order valence-electron chi connectivity index (χ2n) is 8.12. The van der Waals surface area contributed by atoms with Crippen LogP contribution in [0.3, 0.4) is 0 Å². The number of benzene rings is 1. The van der Waals surface area contributed by atoms with Gasteiger partial charge in [0.2, 0.25) is 0 Å². The number of rotatable bonds is 4. The third-order valence-electron chi connectivity index (χ3n) is 3.50. The minimum atomic E-state index is -0.118. The van der Waals surface area contributed by atoms with E-state index in [1.54, 1.807) is 0 Å². The topological polar surface area (TPSA) is 26.3 Å². The Hall–Kier alpha value is -1.02. The highest BCUT2D eigenvalue weighted by molar-refractivity contribution is 6.30. The molecule has 3 heteroatoms. The first-order valence-corrected chi connectivity index (χ1v) is 8.36. The Kier molecular flexibility index (Phi) is 5.72. The molecule has 0 saturated carbocycles. The molecule has 0 aliphatic rings. The zero-order chi connectivity index (χ0) is 17.3. The summed E-state index contributed by atoms with van der Waals surface area (Å²) < 4.78 is 6.15. The minimum Gasteiger partial charge on any atom is -0.490 e. The predicted octanol–water partition coefficient (Wildman–Crippen LogP) is 5.49. The maximum Gasteiger partial charge on any atom is 0.177 e. The lowest BCUT2D eigenvalue weighted by Gasteiger charge is -2.31. The number of alkyl halides is 1. The number of ketones is 1. The van der Waals surface area contributed by atoms with Crippen LogP contribution in [0.4, 0.5) is 0 Å². The van der Waals surface area contributed by atoms with Gasteiger partial charge in [0, 0.05) is 16.7 Å². The lowest BCUT2D eigenvalue weighted by Crippen LogP contribution is -2.23. The van der Waals surface area contributed by atoms with E-state index >= 15 is 0 Å². The highest BCUT2D eigenvalue weighted by Gasteiger charge is 2.29. The van der Waals surface area contributed by atoms with E-state index in [9.17, 15) is 4.79 Å². The summed E-state index contributed by atoms with van der Waals surface area (Å²) in [7, 11) is 0. The third kappa shape index (κ3) is 4.49. The second-order valence-corrected chi connectivity index (χ2v) is 8.39. The largest absolute Gasteiger partial charge is 0.490 e. The molecule has 0 bridgehead atoms. The molecule has 0 spiro atoms. The van der Waals surface area contributed by atoms with E-state index in [2.05, 4.69) is 41.5 Å². The Labute approximate surface area is 140 Å². The monoisotopic (exact) mass is 324 g/mol. The summed E-state index contributed by atoms with van der Waals surface area (Å²) in [4.78, 5) is 12.1. The highest BCUT2D eigenvalue weighted by Crippen LogP contribution is 2.41. The van der Waals surface area contributed by atoms with E-state index in [1.807, 2.05) is 26.0 Å². The highest BCUT2D eigenvalue weighted by atomic mass is 35.5. The van der Waals surface area contributed by atoms with Gasteiger partial charge in [-0.25, -0.2) is 0 Å². The molecule has 0 fully saturated rings. The van der Waals surface area contributed by atoms with Crippen LogP contribution in [-0.2, 0) is 10.8 Å². The van der Waals surface area contributed by atoms with Crippen LogP contribution in [0.1, 0.15) is 76.9 Å². The lowest BCUT2D eigenvalue weighted by atomic mass is 9.78. The molecule has 0 aromatic heterocycles. The number of Topliss-reactive ketones (excluding diaryl/α,β-unsaturated/α-hetero) is 1. The number of halogens is 1. The number of carbonyl (C=O) groups is 1. The Morgan fingerprint density at radius 1 is 1.05 bits per heavy atom. The van der Waals surface area contributed by atoms with Gasteiger partial charge in [0.15, 0.2) is 5.78 Å². The smallest absolute Gasteiger partial charge is 0.177 e. The van der Waals surface area contributed by atoms with Gasteiger partial charge in [-0.15, -0.1) is 11.6 Å². The molecule has 1 aromatic rings. The molecular formula is C19H29ClO2. The molecule has 0 aliphatic carbocycles. The predicted molar refractivity (Wildman–Crippen MR) is 94.7 cm³/mol. The molecule has 1 rings (SSSR count). The van der Waals surface area contributed by atoms with Crippen LogP contribution in [0, 0.1) is 0 Å². The van der Waals surface area contributed by atoms with Crippen molar-refractivity contribution in [2.45, 2.75) is 72.3 Å². The summed E-state index contributed by atoms with van der Waals surface area (Å²) >= 11 is 5.76. The lowest BCUT2D eigenvalue weighted by molar-refractivity contribution is 0.102.